The van der Waals surface area contributed by atoms with Crippen molar-refractivity contribution in [3.63, 3.8) is 0 Å². The van der Waals surface area contributed by atoms with Gasteiger partial charge < -0.3 is 70.0 Å². The smallest absolute Gasteiger partial charge is 0.341 e. The lowest BCUT2D eigenvalue weighted by Crippen LogP contribution is -2.56. The molecule has 0 aliphatic carbocycles. The minimum Gasteiger partial charge on any atom is -0.497 e. The van der Waals surface area contributed by atoms with Gasteiger partial charge in [-0.2, -0.15) is 0 Å². The molecule has 15 aliphatic heterocycles. The van der Waals surface area contributed by atoms with E-state index in [9.17, 15) is 30.3 Å². The second-order valence-electron chi connectivity index (χ2n) is 40.8. The van der Waals surface area contributed by atoms with Crippen molar-refractivity contribution in [1.82, 2.24) is 24.5 Å². The van der Waals surface area contributed by atoms with Crippen LogP contribution in [0.15, 0.2) is 255 Å². The van der Waals surface area contributed by atoms with Gasteiger partial charge in [0.25, 0.3) is 0 Å². The number of hydrogen-bond donors (Lipinski definition) is 6. The molecule has 0 saturated carbocycles. The van der Waals surface area contributed by atoms with E-state index in [-0.39, 0.29) is 10.2 Å². The van der Waals surface area contributed by atoms with Crippen LogP contribution in [0.4, 0.5) is 0 Å². The fraction of sp³-hybridized carbons (Fsp3) is 0.479. The molecule has 15 heteroatoms. The van der Waals surface area contributed by atoms with Gasteiger partial charge in [0, 0.05) is 86.0 Å². The number of rotatable bonds is 27. The maximum atomic E-state index is 12.2. The van der Waals surface area contributed by atoms with E-state index in [0.717, 1.165) is 129 Å². The Bertz CT molecular complexity index is 5320. The summed E-state index contributed by atoms with van der Waals surface area (Å²) < 4.78 is 15.6. The highest BCUT2D eigenvalue weighted by Crippen LogP contribution is 2.52. The molecule has 15 saturated heterocycles. The summed E-state index contributed by atoms with van der Waals surface area (Å²) in [7, 11) is 4.62. The first-order chi connectivity index (χ1) is 64.0. The topological polar surface area (TPSA) is 188 Å². The number of esters is 1. The van der Waals surface area contributed by atoms with Crippen LogP contribution in [0, 0.1) is 86.9 Å². The van der Waals surface area contributed by atoms with Gasteiger partial charge in [0.15, 0.2) is 0 Å². The molecule has 10 aromatic rings. The standard InChI is InChI=1S/C25H31NO4.C23H30N2O.C23H29NO2.2C23H29NO.3H2/c1-29-23-9-8-18(16-21(23)24(27)30-2)10-13-25(28,20-6-4-3-5-7-20)22-17-26-14-11-19(22)12-15-26;24-16-19-8-6-18(7-9-19)10-13-23(26,21-4-2-1-3-5-21)22-17-25-14-11-20(22)12-15-25;1-26-21-9-5-6-18(16-21)10-13-23(25,20-7-3-2-4-8-20)22-17-24-14-11-19(22)12-15-24;1-17-7-9-19(10-8-17)15-23(25,21-6-4-3-5-18(21)2)22-16-24-13-11-20(22)12-14-24;1-17-8-9-18(2)21(14-17)23(25,15-19-6-4-3-5-7-19)22-16-24-12-10-20(22)11-13-24;;;/h3-9,16,19,22,28H,10-15,17H2,1-2H3;1-9,20,22,26H,10-17,24H2;2-9,16,19,22,25H,10-15,17H2,1H3;3-10,20,22,25H,11-16H2,1-2H3;3-9,14,20,22,25H,10-13,15-16H2,1-2H3;3*1H. The molecule has 7 N–H and O–H groups in total. The Morgan fingerprint density at radius 2 is 0.667 bits per heavy atom. The van der Waals surface area contributed by atoms with E-state index in [4.69, 9.17) is 19.9 Å². The first-order valence-electron chi connectivity index (χ1n) is 49.8. The van der Waals surface area contributed by atoms with Gasteiger partial charge in [0.1, 0.15) is 17.1 Å². The second kappa shape index (κ2) is 43.7. The molecule has 706 valence electrons. The third-order valence-electron chi connectivity index (χ3n) is 33.0. The number of nitrogens with zero attached hydrogens (tertiary/aromatic N) is 5. The molecule has 0 aromatic heterocycles. The number of aryl methyl sites for hydroxylation is 7. The van der Waals surface area contributed by atoms with Crippen molar-refractivity contribution in [1.29, 1.82) is 0 Å². The number of fused-ring (bicyclic) bond motifs is 15. The Morgan fingerprint density at radius 3 is 1.05 bits per heavy atom. The van der Waals surface area contributed by atoms with Gasteiger partial charge >= 0.3 is 5.97 Å². The molecule has 0 amide bonds. The average molecular weight is 1790 g/mol. The van der Waals surface area contributed by atoms with Crippen LogP contribution in [0.3, 0.4) is 0 Å². The summed E-state index contributed by atoms with van der Waals surface area (Å²) in [6.07, 6.45) is 18.1. The Kier molecular flexibility index (Phi) is 31.7. The lowest BCUT2D eigenvalue weighted by Gasteiger charge is -2.51. The highest BCUT2D eigenvalue weighted by atomic mass is 16.5. The van der Waals surface area contributed by atoms with Crippen molar-refractivity contribution in [2.75, 3.05) is 120 Å². The first-order valence-corrected chi connectivity index (χ1v) is 49.8. The summed E-state index contributed by atoms with van der Waals surface area (Å²) in [5.74, 6) is 5.59. The lowest BCUT2D eigenvalue weighted by atomic mass is 9.65. The normalized spacial score (nSPS) is 26.9. The molecule has 15 heterocycles. The second-order valence-corrected chi connectivity index (χ2v) is 40.8. The number of ether oxygens (including phenoxy) is 3. The molecule has 25 rings (SSSR count). The molecule has 10 unspecified atom stereocenters. The summed E-state index contributed by atoms with van der Waals surface area (Å²) in [5, 5.41) is 60.2. The van der Waals surface area contributed by atoms with Crippen molar-refractivity contribution in [3.05, 3.63) is 344 Å². The molecular weight excluding hydrogens is 1630 g/mol. The lowest BCUT2D eigenvalue weighted by molar-refractivity contribution is -0.106. The predicted molar refractivity (Wildman–Crippen MR) is 537 cm³/mol. The molecule has 15 fully saturated rings. The van der Waals surface area contributed by atoms with Crippen LogP contribution >= 0.6 is 0 Å². The van der Waals surface area contributed by atoms with E-state index in [1.807, 2.05) is 78.9 Å². The fourth-order valence-electron chi connectivity index (χ4n) is 25.2. The number of aliphatic hydroxyl groups is 5. The minimum absolute atomic E-state index is 0. The van der Waals surface area contributed by atoms with E-state index in [1.165, 1.54) is 155 Å². The van der Waals surface area contributed by atoms with Gasteiger partial charge in [0.05, 0.1) is 49.3 Å². The fourth-order valence-corrected chi connectivity index (χ4v) is 25.2. The average Bonchev–Trinajstić information content (AvgIpc) is 0.760. The summed E-state index contributed by atoms with van der Waals surface area (Å²) in [4.78, 5) is 24.8. The van der Waals surface area contributed by atoms with E-state index < -0.39 is 34.0 Å². The van der Waals surface area contributed by atoms with Crippen molar-refractivity contribution < 1.29 is 48.8 Å². The van der Waals surface area contributed by atoms with E-state index >= 15 is 0 Å². The van der Waals surface area contributed by atoms with Gasteiger partial charge in [-0.3, -0.25) is 0 Å². The Morgan fingerprint density at radius 1 is 0.333 bits per heavy atom. The summed E-state index contributed by atoms with van der Waals surface area (Å²) >= 11 is 0. The van der Waals surface area contributed by atoms with Crippen LogP contribution in [0.25, 0.3) is 0 Å². The van der Waals surface area contributed by atoms with Gasteiger partial charge in [0.2, 0.25) is 0 Å². The summed E-state index contributed by atoms with van der Waals surface area (Å²) in [6.45, 7) is 26.1. The largest absolute Gasteiger partial charge is 0.497 e. The minimum atomic E-state index is -0.892. The van der Waals surface area contributed by atoms with Crippen LogP contribution in [-0.2, 0) is 71.4 Å². The zero-order valence-corrected chi connectivity index (χ0v) is 79.7. The molecule has 0 spiro atoms. The number of hydrogen-bond acceptors (Lipinski definition) is 15. The van der Waals surface area contributed by atoms with Crippen molar-refractivity contribution in [2.45, 2.75) is 178 Å². The Balaban J connectivity index is 0.000000142. The highest BCUT2D eigenvalue weighted by molar-refractivity contribution is 5.92. The van der Waals surface area contributed by atoms with Gasteiger partial charge in [-0.1, -0.05) is 242 Å². The van der Waals surface area contributed by atoms with E-state index in [1.54, 1.807) is 20.3 Å². The maximum Gasteiger partial charge on any atom is 0.341 e. The quantitative estimate of drug-likeness (QED) is 0.0267. The molecular formula is C117H154N6O9. The van der Waals surface area contributed by atoms with Gasteiger partial charge in [-0.05, 0) is 322 Å². The van der Waals surface area contributed by atoms with Crippen LogP contribution in [0.5, 0.6) is 11.5 Å². The van der Waals surface area contributed by atoms with Crippen LogP contribution in [0.1, 0.15) is 182 Å². The van der Waals surface area contributed by atoms with E-state index in [0.29, 0.717) is 96.8 Å². The summed E-state index contributed by atoms with van der Waals surface area (Å²) in [6, 6.07) is 87.3. The summed E-state index contributed by atoms with van der Waals surface area (Å²) in [5.41, 5.74) is 19.5. The number of nitrogens with two attached hydrogens (primary N) is 1. The van der Waals surface area contributed by atoms with Crippen molar-refractivity contribution in [3.8, 4) is 11.5 Å². The monoisotopic (exact) mass is 1790 g/mol. The predicted octanol–water partition coefficient (Wildman–Crippen LogP) is 19.7. The number of carbonyl (C=O) groups is 1. The van der Waals surface area contributed by atoms with E-state index in [2.05, 4.69) is 222 Å². The maximum absolute atomic E-state index is 12.2. The third kappa shape index (κ3) is 22.2. The molecule has 10 atom stereocenters. The zero-order chi connectivity index (χ0) is 92.0. The molecule has 15 aliphatic rings. The number of benzene rings is 10. The zero-order valence-electron chi connectivity index (χ0n) is 79.7. The number of piperidine rings is 15. The molecule has 10 bridgehead atoms. The highest BCUT2D eigenvalue weighted by Gasteiger charge is 2.53. The van der Waals surface area contributed by atoms with Gasteiger partial charge in [-0.15, -0.1) is 0 Å². The number of methoxy groups -OCH3 is 3. The van der Waals surface area contributed by atoms with Gasteiger partial charge in [-0.25, -0.2) is 4.79 Å². The first kappa shape index (κ1) is 96.0. The molecule has 10 aromatic carbocycles. The van der Waals surface area contributed by atoms with Crippen LogP contribution in [0.2, 0.25) is 0 Å². The Hall–Kier alpha value is -9.17. The van der Waals surface area contributed by atoms with Crippen molar-refractivity contribution >= 4 is 5.97 Å². The van der Waals surface area contributed by atoms with Crippen molar-refractivity contribution in [2.24, 2.45) is 64.9 Å². The SMILES string of the molecule is COC(=O)c1cc(CCC(O)(c2ccccc2)C2CN3CCC2CC3)ccc1OC.COc1cccc(CCC(O)(c2ccccc2)C2CN3CCC2CC3)c1.Cc1ccc(C)c(C(O)(Cc2ccccc2)C2CN3CCC2CC3)c1.Cc1ccc(CC(O)(c2ccccc2C)C2CN3CCC2CC3)cc1.NCc1ccc(CCC(O)(c2ccccc2)C2CN3CCC2CC3)cc1.[HH].[HH].[HH]. The number of carbonyl (C=O) groups excluding carboxylic acids is 1. The van der Waals surface area contributed by atoms with Crippen LogP contribution < -0.4 is 15.2 Å². The molecule has 0 radical (unpaired) electrons. The van der Waals surface area contributed by atoms with Crippen LogP contribution in [-0.4, -0.2) is 176 Å². The Labute approximate surface area is 792 Å². The molecule has 15 nitrogen and oxygen atoms in total. The molecule has 132 heavy (non-hydrogen) atoms. The third-order valence-corrected chi connectivity index (χ3v) is 33.0.